The van der Waals surface area contributed by atoms with Gasteiger partial charge in [0.25, 0.3) is 0 Å². The zero-order chi connectivity index (χ0) is 12.1. The van der Waals surface area contributed by atoms with Gasteiger partial charge in [0.05, 0.1) is 0 Å². The molecule has 0 aliphatic heterocycles. The number of hydrogen-bond donors (Lipinski definition) is 1. The Morgan fingerprint density at radius 1 is 1.44 bits per heavy atom. The molecule has 0 spiro atoms. The molecule has 0 amide bonds. The van der Waals surface area contributed by atoms with Crippen molar-refractivity contribution in [1.29, 1.82) is 0 Å². The minimum atomic E-state index is 0.558. The second kappa shape index (κ2) is 6.07. The van der Waals surface area contributed by atoms with E-state index in [1.54, 1.807) is 0 Å². The molecule has 0 aliphatic carbocycles. The van der Waals surface area contributed by atoms with Gasteiger partial charge in [-0.05, 0) is 43.1 Å². The molecule has 0 aromatic heterocycles. The maximum Gasteiger partial charge on any atom is 0.0409 e. The smallest absolute Gasteiger partial charge is 0.0409 e. The highest BCUT2D eigenvalue weighted by Gasteiger charge is 2.04. The van der Waals surface area contributed by atoms with Crippen molar-refractivity contribution in [3.8, 4) is 0 Å². The molecule has 1 rings (SSSR count). The molecular formula is C14H20ClN. The topological polar surface area (TPSA) is 12.0 Å². The Hall–Kier alpha value is -0.790. The van der Waals surface area contributed by atoms with Gasteiger partial charge in [-0.3, -0.25) is 0 Å². The van der Waals surface area contributed by atoms with Gasteiger partial charge < -0.3 is 5.32 Å². The van der Waals surface area contributed by atoms with E-state index >= 15 is 0 Å². The Bertz CT molecular complexity index is 380. The van der Waals surface area contributed by atoms with E-state index in [-0.39, 0.29) is 0 Å². The monoisotopic (exact) mass is 237 g/mol. The number of likely N-dealkylation sites (N-methyl/N-ethyl adjacent to an activating group) is 1. The molecule has 0 fully saturated rings. The van der Waals surface area contributed by atoms with Crippen molar-refractivity contribution in [3.63, 3.8) is 0 Å². The Morgan fingerprint density at radius 3 is 2.62 bits per heavy atom. The fourth-order valence-electron chi connectivity index (χ4n) is 1.63. The molecule has 0 unspecified atom stereocenters. The van der Waals surface area contributed by atoms with Crippen LogP contribution < -0.4 is 5.32 Å². The maximum atomic E-state index is 5.94. The third-order valence-corrected chi connectivity index (χ3v) is 2.93. The molecule has 1 aromatic rings. The molecule has 16 heavy (non-hydrogen) atoms. The first-order valence-electron chi connectivity index (χ1n) is 5.65. The molecule has 0 radical (unpaired) electrons. The summed E-state index contributed by atoms with van der Waals surface area (Å²) in [6, 6.07) is 6.03. The van der Waals surface area contributed by atoms with Gasteiger partial charge in [0, 0.05) is 11.6 Å². The standard InChI is InChI=1S/C14H20ClN/c1-10(2)13(9-16-4)8-12-5-6-14(15)7-11(12)3/h5-8,10,16H,9H2,1-4H3/b13-8-. The predicted octanol–water partition coefficient (Wildman–Crippen LogP) is 3.91. The second-order valence-electron chi connectivity index (χ2n) is 4.41. The van der Waals surface area contributed by atoms with E-state index in [9.17, 15) is 0 Å². The SMILES string of the molecule is CNC/C(=C/c1ccc(Cl)cc1C)C(C)C. The molecule has 0 saturated carbocycles. The Labute approximate surface area is 104 Å². The van der Waals surface area contributed by atoms with Gasteiger partial charge in [-0.25, -0.2) is 0 Å². The van der Waals surface area contributed by atoms with Gasteiger partial charge in [-0.15, -0.1) is 0 Å². The van der Waals surface area contributed by atoms with Crippen molar-refractivity contribution >= 4 is 17.7 Å². The lowest BCUT2D eigenvalue weighted by Gasteiger charge is -2.12. The molecule has 1 aromatic carbocycles. The van der Waals surface area contributed by atoms with E-state index in [0.29, 0.717) is 5.92 Å². The van der Waals surface area contributed by atoms with Crippen LogP contribution in [0.3, 0.4) is 0 Å². The first-order valence-corrected chi connectivity index (χ1v) is 6.03. The van der Waals surface area contributed by atoms with Crippen LogP contribution in [0.2, 0.25) is 5.02 Å². The number of nitrogens with one attached hydrogen (secondary N) is 1. The van der Waals surface area contributed by atoms with E-state index in [2.05, 4.69) is 38.2 Å². The first kappa shape index (κ1) is 13.3. The minimum Gasteiger partial charge on any atom is -0.316 e. The normalized spacial score (nSPS) is 12.2. The summed E-state index contributed by atoms with van der Waals surface area (Å²) >= 11 is 5.94. The van der Waals surface area contributed by atoms with Crippen LogP contribution in [-0.2, 0) is 0 Å². The van der Waals surface area contributed by atoms with Crippen LogP contribution in [0.15, 0.2) is 23.8 Å². The summed E-state index contributed by atoms with van der Waals surface area (Å²) in [7, 11) is 1.98. The van der Waals surface area contributed by atoms with E-state index in [1.165, 1.54) is 16.7 Å². The number of aryl methyl sites for hydroxylation is 1. The van der Waals surface area contributed by atoms with Gasteiger partial charge in [-0.1, -0.05) is 43.2 Å². The van der Waals surface area contributed by atoms with Gasteiger partial charge >= 0.3 is 0 Å². The van der Waals surface area contributed by atoms with Crippen LogP contribution in [0.4, 0.5) is 0 Å². The van der Waals surface area contributed by atoms with Crippen LogP contribution in [-0.4, -0.2) is 13.6 Å². The van der Waals surface area contributed by atoms with Gasteiger partial charge in [-0.2, -0.15) is 0 Å². The van der Waals surface area contributed by atoms with Crippen LogP contribution in [0.25, 0.3) is 6.08 Å². The van der Waals surface area contributed by atoms with Crippen molar-refractivity contribution in [2.24, 2.45) is 5.92 Å². The van der Waals surface area contributed by atoms with Crippen molar-refractivity contribution in [2.75, 3.05) is 13.6 Å². The Kier molecular flexibility index (Phi) is 5.04. The van der Waals surface area contributed by atoms with Gasteiger partial charge in [0.15, 0.2) is 0 Å². The minimum absolute atomic E-state index is 0.558. The summed E-state index contributed by atoms with van der Waals surface area (Å²) in [6.45, 7) is 7.46. The molecule has 0 heterocycles. The molecule has 1 N–H and O–H groups in total. The van der Waals surface area contributed by atoms with Gasteiger partial charge in [0.1, 0.15) is 0 Å². The van der Waals surface area contributed by atoms with Crippen molar-refractivity contribution in [3.05, 3.63) is 39.9 Å². The zero-order valence-corrected chi connectivity index (χ0v) is 11.2. The fraction of sp³-hybridized carbons (Fsp3) is 0.429. The van der Waals surface area contributed by atoms with Crippen molar-refractivity contribution < 1.29 is 0 Å². The largest absolute Gasteiger partial charge is 0.316 e. The van der Waals surface area contributed by atoms with E-state index in [0.717, 1.165) is 11.6 Å². The molecular weight excluding hydrogens is 218 g/mol. The number of rotatable bonds is 4. The Morgan fingerprint density at radius 2 is 2.12 bits per heavy atom. The third kappa shape index (κ3) is 3.66. The lowest BCUT2D eigenvalue weighted by atomic mass is 9.98. The fourth-order valence-corrected chi connectivity index (χ4v) is 1.85. The quantitative estimate of drug-likeness (QED) is 0.838. The summed E-state index contributed by atoms with van der Waals surface area (Å²) in [5.41, 5.74) is 3.89. The summed E-state index contributed by atoms with van der Waals surface area (Å²) < 4.78 is 0. The average molecular weight is 238 g/mol. The highest BCUT2D eigenvalue weighted by atomic mass is 35.5. The van der Waals surface area contributed by atoms with E-state index in [4.69, 9.17) is 11.6 Å². The molecule has 0 aliphatic rings. The summed E-state index contributed by atoms with van der Waals surface area (Å²) in [4.78, 5) is 0. The van der Waals surface area contributed by atoms with E-state index < -0.39 is 0 Å². The molecule has 0 atom stereocenters. The first-order chi connectivity index (χ1) is 7.54. The maximum absolute atomic E-state index is 5.94. The van der Waals surface area contributed by atoms with Crippen molar-refractivity contribution in [1.82, 2.24) is 5.32 Å². The third-order valence-electron chi connectivity index (χ3n) is 2.70. The summed E-state index contributed by atoms with van der Waals surface area (Å²) in [5.74, 6) is 0.558. The molecule has 1 nitrogen and oxygen atoms in total. The lowest BCUT2D eigenvalue weighted by Crippen LogP contribution is -2.13. The van der Waals surface area contributed by atoms with Crippen LogP contribution >= 0.6 is 11.6 Å². The average Bonchev–Trinajstić information content (AvgIpc) is 2.20. The molecule has 0 saturated heterocycles. The van der Waals surface area contributed by atoms with Crippen LogP contribution in [0.1, 0.15) is 25.0 Å². The van der Waals surface area contributed by atoms with Crippen LogP contribution in [0, 0.1) is 12.8 Å². The zero-order valence-electron chi connectivity index (χ0n) is 10.5. The highest BCUT2D eigenvalue weighted by Crippen LogP contribution is 2.20. The number of benzene rings is 1. The number of hydrogen-bond acceptors (Lipinski definition) is 1. The number of halogens is 1. The van der Waals surface area contributed by atoms with Gasteiger partial charge in [0.2, 0.25) is 0 Å². The molecule has 88 valence electrons. The Balaban J connectivity index is 3.02. The predicted molar refractivity (Wildman–Crippen MR) is 72.9 cm³/mol. The molecule has 2 heteroatoms. The van der Waals surface area contributed by atoms with E-state index in [1.807, 2.05) is 19.2 Å². The lowest BCUT2D eigenvalue weighted by molar-refractivity contribution is 0.713. The van der Waals surface area contributed by atoms with Crippen molar-refractivity contribution in [2.45, 2.75) is 20.8 Å². The highest BCUT2D eigenvalue weighted by molar-refractivity contribution is 6.30. The molecule has 0 bridgehead atoms. The van der Waals surface area contributed by atoms with Crippen LogP contribution in [0.5, 0.6) is 0 Å². The summed E-state index contributed by atoms with van der Waals surface area (Å²) in [6.07, 6.45) is 2.26. The summed E-state index contributed by atoms with van der Waals surface area (Å²) in [5, 5.41) is 4.01. The second-order valence-corrected chi connectivity index (χ2v) is 4.84.